The van der Waals surface area contributed by atoms with E-state index >= 15 is 0 Å². The van der Waals surface area contributed by atoms with Gasteiger partial charge in [-0.25, -0.2) is 18.4 Å². The first-order chi connectivity index (χ1) is 13.4. The molecule has 1 aromatic heterocycles. The summed E-state index contributed by atoms with van der Waals surface area (Å²) >= 11 is 0. The molecule has 1 aromatic carbocycles. The Kier molecular flexibility index (Phi) is 4.42. The van der Waals surface area contributed by atoms with E-state index in [4.69, 9.17) is 11.5 Å². The number of aromatic nitrogens is 1. The van der Waals surface area contributed by atoms with Crippen molar-refractivity contribution < 1.29 is 8.42 Å². The highest BCUT2D eigenvalue weighted by Crippen LogP contribution is 2.40. The number of anilines is 2. The van der Waals surface area contributed by atoms with Gasteiger partial charge in [0.1, 0.15) is 11.5 Å². The van der Waals surface area contributed by atoms with Crippen molar-refractivity contribution in [2.45, 2.75) is 36.2 Å². The maximum atomic E-state index is 12.6. The van der Waals surface area contributed by atoms with E-state index < -0.39 is 15.7 Å². The topological polar surface area (TPSA) is 139 Å². The minimum absolute atomic E-state index is 0.123. The number of hydrogen-bond acceptors (Lipinski definition) is 8. The molecule has 1 fully saturated rings. The molecule has 5 N–H and O–H groups in total. The van der Waals surface area contributed by atoms with Gasteiger partial charge in [-0.1, -0.05) is 6.07 Å². The number of nitrogens with one attached hydrogen (secondary N) is 1. The van der Waals surface area contributed by atoms with Crippen LogP contribution in [0.1, 0.15) is 25.7 Å². The smallest absolute Gasteiger partial charge is 0.263 e. The van der Waals surface area contributed by atoms with Crippen LogP contribution < -0.4 is 21.1 Å². The molecule has 0 radical (unpaired) electrons. The van der Waals surface area contributed by atoms with Crippen LogP contribution in [0.3, 0.4) is 0 Å². The molecule has 4 rings (SSSR count). The molecule has 1 saturated carbocycles. The Hall–Kier alpha value is -3.14. The highest BCUT2D eigenvalue weighted by molar-refractivity contribution is 7.92. The molecule has 2 heterocycles. The summed E-state index contributed by atoms with van der Waals surface area (Å²) in [5.74, 6) is 0.694. The molecule has 9 nitrogen and oxygen atoms in total. The lowest BCUT2D eigenvalue weighted by Crippen LogP contribution is -2.56. The first-order valence-corrected chi connectivity index (χ1v) is 10.4. The maximum absolute atomic E-state index is 12.6. The SMILES string of the molecule is NC1=NC2(CCCC2)N(c2ccc(S(=O)(=O)Nc3ccccn3)cc2)C(N)=N1. The van der Waals surface area contributed by atoms with Crippen molar-refractivity contribution >= 4 is 33.4 Å². The third-order valence-corrected chi connectivity index (χ3v) is 6.28. The molecule has 1 aliphatic heterocycles. The second-order valence-corrected chi connectivity index (χ2v) is 8.46. The minimum atomic E-state index is -3.75. The molecule has 0 saturated heterocycles. The van der Waals surface area contributed by atoms with Crippen molar-refractivity contribution in [2.24, 2.45) is 21.5 Å². The largest absolute Gasteiger partial charge is 0.369 e. The van der Waals surface area contributed by atoms with E-state index in [9.17, 15) is 8.42 Å². The Labute approximate surface area is 163 Å². The molecule has 0 unspecified atom stereocenters. The number of aliphatic imine (C=N–C) groups is 2. The van der Waals surface area contributed by atoms with Crippen LogP contribution in [0.25, 0.3) is 0 Å². The van der Waals surface area contributed by atoms with E-state index in [0.29, 0.717) is 0 Å². The summed E-state index contributed by atoms with van der Waals surface area (Å²) in [5.41, 5.74) is 12.2. The second kappa shape index (κ2) is 6.79. The van der Waals surface area contributed by atoms with E-state index in [-0.39, 0.29) is 22.6 Å². The van der Waals surface area contributed by atoms with E-state index in [2.05, 4.69) is 19.7 Å². The average molecular weight is 399 g/mol. The van der Waals surface area contributed by atoms with Gasteiger partial charge >= 0.3 is 0 Å². The number of rotatable bonds is 4. The lowest BCUT2D eigenvalue weighted by atomic mass is 10.1. The van der Waals surface area contributed by atoms with Gasteiger partial charge in [0.25, 0.3) is 10.0 Å². The zero-order valence-corrected chi connectivity index (χ0v) is 15.9. The zero-order valence-electron chi connectivity index (χ0n) is 15.1. The summed E-state index contributed by atoms with van der Waals surface area (Å²) in [5, 5.41) is 0. The third kappa shape index (κ3) is 3.26. The van der Waals surface area contributed by atoms with Gasteiger partial charge in [-0.3, -0.25) is 9.62 Å². The van der Waals surface area contributed by atoms with Crippen LogP contribution >= 0.6 is 0 Å². The van der Waals surface area contributed by atoms with Crippen LogP contribution in [0.5, 0.6) is 0 Å². The predicted octanol–water partition coefficient (Wildman–Crippen LogP) is 1.60. The molecule has 1 spiro atoms. The third-order valence-electron chi connectivity index (χ3n) is 4.91. The van der Waals surface area contributed by atoms with Crippen molar-refractivity contribution in [1.82, 2.24) is 4.98 Å². The number of guanidine groups is 2. The van der Waals surface area contributed by atoms with Gasteiger partial charge in [0.05, 0.1) is 4.90 Å². The van der Waals surface area contributed by atoms with Crippen LogP contribution in [-0.2, 0) is 10.0 Å². The summed E-state index contributed by atoms with van der Waals surface area (Å²) in [6.07, 6.45) is 5.17. The molecule has 146 valence electrons. The molecule has 2 aromatic rings. The fraction of sp³-hybridized carbons (Fsp3) is 0.278. The predicted molar refractivity (Wildman–Crippen MR) is 108 cm³/mol. The average Bonchev–Trinajstić information content (AvgIpc) is 3.10. The highest BCUT2D eigenvalue weighted by atomic mass is 32.2. The molecular weight excluding hydrogens is 378 g/mol. The van der Waals surface area contributed by atoms with Gasteiger partial charge in [0.2, 0.25) is 11.9 Å². The van der Waals surface area contributed by atoms with Crippen LogP contribution in [0.4, 0.5) is 11.5 Å². The van der Waals surface area contributed by atoms with Crippen molar-refractivity contribution in [3.05, 3.63) is 48.7 Å². The Balaban J connectivity index is 1.63. The lowest BCUT2D eigenvalue weighted by Gasteiger charge is -2.41. The summed E-state index contributed by atoms with van der Waals surface area (Å²) < 4.78 is 27.6. The lowest BCUT2D eigenvalue weighted by molar-refractivity contribution is 0.452. The molecule has 0 atom stereocenters. The van der Waals surface area contributed by atoms with Crippen molar-refractivity contribution in [3.8, 4) is 0 Å². The molecule has 0 amide bonds. The molecule has 1 aliphatic carbocycles. The van der Waals surface area contributed by atoms with Crippen LogP contribution in [0.2, 0.25) is 0 Å². The van der Waals surface area contributed by atoms with Gasteiger partial charge in [0.15, 0.2) is 0 Å². The first kappa shape index (κ1) is 18.2. The Bertz CT molecular complexity index is 1030. The van der Waals surface area contributed by atoms with E-state index in [1.54, 1.807) is 30.3 Å². The van der Waals surface area contributed by atoms with E-state index in [1.165, 1.54) is 18.3 Å². The Morgan fingerprint density at radius 1 is 1.04 bits per heavy atom. The van der Waals surface area contributed by atoms with Gasteiger partial charge < -0.3 is 11.5 Å². The number of nitrogens with zero attached hydrogens (tertiary/aromatic N) is 4. The Morgan fingerprint density at radius 2 is 1.75 bits per heavy atom. The van der Waals surface area contributed by atoms with Crippen molar-refractivity contribution in [1.29, 1.82) is 0 Å². The zero-order chi connectivity index (χ0) is 19.8. The fourth-order valence-corrected chi connectivity index (χ4v) is 4.72. The summed E-state index contributed by atoms with van der Waals surface area (Å²) in [7, 11) is -3.75. The minimum Gasteiger partial charge on any atom is -0.369 e. The van der Waals surface area contributed by atoms with E-state index in [0.717, 1.165) is 31.4 Å². The van der Waals surface area contributed by atoms with Crippen LogP contribution in [0, 0.1) is 0 Å². The normalized spacial score (nSPS) is 18.6. The standard InChI is InChI=1S/C18H21N7O2S/c19-16-22-17(20)25(18(23-16)10-2-3-11-18)13-6-8-14(9-7-13)28(26,27)24-15-5-1-4-12-21-15/h1,4-9,12H,2-3,10-11H2,(H,21,24)(H4,19,20,22,23). The number of hydrogen-bond donors (Lipinski definition) is 3. The molecule has 2 aliphatic rings. The maximum Gasteiger partial charge on any atom is 0.263 e. The number of nitrogens with two attached hydrogens (primary N) is 2. The molecular formula is C18H21N7O2S. The number of sulfonamides is 1. The summed E-state index contributed by atoms with van der Waals surface area (Å²) in [4.78, 5) is 14.6. The second-order valence-electron chi connectivity index (χ2n) is 6.78. The van der Waals surface area contributed by atoms with Gasteiger partial charge in [-0.05, 0) is 62.1 Å². The number of pyridine rings is 1. The van der Waals surface area contributed by atoms with Gasteiger partial charge in [-0.15, -0.1) is 0 Å². The Morgan fingerprint density at radius 3 is 2.39 bits per heavy atom. The van der Waals surface area contributed by atoms with Crippen molar-refractivity contribution in [2.75, 3.05) is 9.62 Å². The van der Waals surface area contributed by atoms with Crippen LogP contribution in [0.15, 0.2) is 63.5 Å². The van der Waals surface area contributed by atoms with Gasteiger partial charge in [-0.2, -0.15) is 4.99 Å². The molecule has 0 bridgehead atoms. The number of benzene rings is 1. The molecule has 10 heteroatoms. The summed E-state index contributed by atoms with van der Waals surface area (Å²) in [6, 6.07) is 11.5. The highest BCUT2D eigenvalue weighted by Gasteiger charge is 2.44. The van der Waals surface area contributed by atoms with Gasteiger partial charge in [0, 0.05) is 11.9 Å². The quantitative estimate of drug-likeness (QED) is 0.713. The monoisotopic (exact) mass is 399 g/mol. The van der Waals surface area contributed by atoms with Crippen LogP contribution in [-0.4, -0.2) is 31.0 Å². The van der Waals surface area contributed by atoms with E-state index in [1.807, 2.05) is 4.90 Å². The molecule has 28 heavy (non-hydrogen) atoms. The first-order valence-electron chi connectivity index (χ1n) is 8.93. The fourth-order valence-electron chi connectivity index (χ4n) is 3.71. The van der Waals surface area contributed by atoms with Crippen molar-refractivity contribution in [3.63, 3.8) is 0 Å². The summed E-state index contributed by atoms with van der Waals surface area (Å²) in [6.45, 7) is 0.